The number of aromatic nitrogens is 4. The van der Waals surface area contributed by atoms with E-state index in [1.54, 1.807) is 29.8 Å². The topological polar surface area (TPSA) is 81.4 Å². The first-order valence-corrected chi connectivity index (χ1v) is 9.77. The molecule has 1 amide bonds. The first-order chi connectivity index (χ1) is 13.7. The number of fused-ring (bicyclic) bond motifs is 1. The number of para-hydroxylation sites is 1. The smallest absolute Gasteiger partial charge is 0.259 e. The van der Waals surface area contributed by atoms with Crippen molar-refractivity contribution >= 4 is 27.9 Å². The fourth-order valence-corrected chi connectivity index (χ4v) is 3.77. The van der Waals surface area contributed by atoms with Crippen molar-refractivity contribution in [3.63, 3.8) is 0 Å². The van der Waals surface area contributed by atoms with Gasteiger partial charge in [0, 0.05) is 17.7 Å². The molecule has 2 heterocycles. The third-order valence-corrected chi connectivity index (χ3v) is 5.20. The van der Waals surface area contributed by atoms with Crippen LogP contribution in [0.4, 0.5) is 5.69 Å². The molecule has 7 nitrogen and oxygen atoms in total. The Bertz CT molecular complexity index is 1130. The first kappa shape index (κ1) is 18.1. The summed E-state index contributed by atoms with van der Waals surface area (Å²) in [5.41, 5.74) is 2.09. The van der Waals surface area contributed by atoms with Crippen LogP contribution in [0, 0.1) is 0 Å². The average Bonchev–Trinajstić information content (AvgIpc) is 3.30. The molecular formula is C20H19N5O2S. The monoisotopic (exact) mass is 393 g/mol. The molecule has 1 N–H and O–H groups in total. The van der Waals surface area contributed by atoms with Gasteiger partial charge in [0.2, 0.25) is 4.96 Å². The zero-order valence-corrected chi connectivity index (χ0v) is 16.4. The number of nitrogens with zero attached hydrogens (tertiary/aromatic N) is 4. The van der Waals surface area contributed by atoms with Gasteiger partial charge >= 0.3 is 0 Å². The molecule has 0 saturated heterocycles. The van der Waals surface area contributed by atoms with Gasteiger partial charge in [0.05, 0.1) is 12.7 Å². The Morgan fingerprint density at radius 3 is 2.86 bits per heavy atom. The van der Waals surface area contributed by atoms with E-state index in [1.165, 1.54) is 11.3 Å². The summed E-state index contributed by atoms with van der Waals surface area (Å²) in [4.78, 5) is 13.4. The normalized spacial score (nSPS) is 10.9. The van der Waals surface area contributed by atoms with Crippen molar-refractivity contribution in [2.24, 2.45) is 0 Å². The van der Waals surface area contributed by atoms with Crippen LogP contribution in [0.2, 0.25) is 0 Å². The quantitative estimate of drug-likeness (QED) is 0.534. The second kappa shape index (κ2) is 7.77. The van der Waals surface area contributed by atoms with Gasteiger partial charge in [-0.05, 0) is 30.7 Å². The molecule has 0 spiro atoms. The van der Waals surface area contributed by atoms with E-state index in [0.29, 0.717) is 17.0 Å². The number of aryl methyl sites for hydroxylation is 1. The van der Waals surface area contributed by atoms with Gasteiger partial charge in [0.1, 0.15) is 10.8 Å². The summed E-state index contributed by atoms with van der Waals surface area (Å²) in [7, 11) is 1.55. The SMILES string of the molecule is CCCc1nnc2sc(-c3cccc(NC(=O)c4ccccc4OC)c3)nn12. The van der Waals surface area contributed by atoms with Crippen molar-refractivity contribution in [3.05, 3.63) is 59.9 Å². The summed E-state index contributed by atoms with van der Waals surface area (Å²) in [6.07, 6.45) is 1.82. The number of amides is 1. The number of methoxy groups -OCH3 is 1. The summed E-state index contributed by atoms with van der Waals surface area (Å²) >= 11 is 1.47. The van der Waals surface area contributed by atoms with Crippen LogP contribution in [0.25, 0.3) is 15.5 Å². The molecule has 0 radical (unpaired) electrons. The molecule has 142 valence electrons. The Hall–Kier alpha value is -3.26. The Labute approximate surface area is 166 Å². The molecule has 0 aliphatic carbocycles. The van der Waals surface area contributed by atoms with Crippen LogP contribution in [0.3, 0.4) is 0 Å². The fraction of sp³-hybridized carbons (Fsp3) is 0.200. The van der Waals surface area contributed by atoms with Crippen molar-refractivity contribution in [2.75, 3.05) is 12.4 Å². The second-order valence-corrected chi connectivity index (χ2v) is 7.16. The molecule has 8 heteroatoms. The highest BCUT2D eigenvalue weighted by molar-refractivity contribution is 7.19. The molecule has 28 heavy (non-hydrogen) atoms. The van der Waals surface area contributed by atoms with Crippen molar-refractivity contribution in [2.45, 2.75) is 19.8 Å². The van der Waals surface area contributed by atoms with Crippen LogP contribution in [-0.2, 0) is 6.42 Å². The minimum absolute atomic E-state index is 0.224. The highest BCUT2D eigenvalue weighted by Gasteiger charge is 2.14. The zero-order chi connectivity index (χ0) is 19.5. The van der Waals surface area contributed by atoms with E-state index in [4.69, 9.17) is 4.74 Å². The summed E-state index contributed by atoms with van der Waals surface area (Å²) in [6.45, 7) is 2.10. The van der Waals surface area contributed by atoms with Gasteiger partial charge in [0.15, 0.2) is 5.82 Å². The van der Waals surface area contributed by atoms with Crippen molar-refractivity contribution in [3.8, 4) is 16.3 Å². The lowest BCUT2D eigenvalue weighted by Gasteiger charge is -2.09. The number of nitrogens with one attached hydrogen (secondary N) is 1. The van der Waals surface area contributed by atoms with Gasteiger partial charge in [-0.2, -0.15) is 9.61 Å². The molecule has 4 rings (SSSR count). The standard InChI is InChI=1S/C20H19N5O2S/c1-3-7-17-22-23-20-25(17)24-19(28-20)13-8-6-9-14(12-13)21-18(26)15-10-4-5-11-16(15)27-2/h4-6,8-12H,3,7H2,1-2H3,(H,21,26). The molecule has 0 saturated carbocycles. The van der Waals surface area contributed by atoms with Gasteiger partial charge in [-0.25, -0.2) is 0 Å². The summed E-state index contributed by atoms with van der Waals surface area (Å²) in [5, 5.41) is 16.8. The van der Waals surface area contributed by atoms with Crippen LogP contribution in [0.5, 0.6) is 5.75 Å². The Balaban J connectivity index is 1.60. The lowest BCUT2D eigenvalue weighted by Crippen LogP contribution is -2.13. The maximum Gasteiger partial charge on any atom is 0.259 e. The van der Waals surface area contributed by atoms with Gasteiger partial charge in [-0.15, -0.1) is 10.2 Å². The van der Waals surface area contributed by atoms with E-state index in [0.717, 1.165) is 34.2 Å². The third-order valence-electron chi connectivity index (χ3n) is 4.25. The van der Waals surface area contributed by atoms with Crippen molar-refractivity contribution in [1.82, 2.24) is 19.8 Å². The lowest BCUT2D eigenvalue weighted by atomic mass is 10.1. The van der Waals surface area contributed by atoms with Crippen molar-refractivity contribution in [1.29, 1.82) is 0 Å². The molecule has 0 atom stereocenters. The maximum atomic E-state index is 12.6. The first-order valence-electron chi connectivity index (χ1n) is 8.95. The van der Waals surface area contributed by atoms with Crippen molar-refractivity contribution < 1.29 is 9.53 Å². The summed E-state index contributed by atoms with van der Waals surface area (Å²) in [6, 6.07) is 14.7. The molecule has 2 aromatic heterocycles. The highest BCUT2D eigenvalue weighted by Crippen LogP contribution is 2.28. The Morgan fingerprint density at radius 2 is 2.04 bits per heavy atom. The van der Waals surface area contributed by atoms with E-state index in [-0.39, 0.29) is 5.91 Å². The highest BCUT2D eigenvalue weighted by atomic mass is 32.1. The number of carbonyl (C=O) groups is 1. The predicted octanol–water partition coefficient (Wildman–Crippen LogP) is 4.07. The van der Waals surface area contributed by atoms with E-state index >= 15 is 0 Å². The number of rotatable bonds is 6. The van der Waals surface area contributed by atoms with Crippen LogP contribution in [0.1, 0.15) is 29.5 Å². The van der Waals surface area contributed by atoms with Gasteiger partial charge in [0.25, 0.3) is 5.91 Å². The van der Waals surface area contributed by atoms with E-state index in [1.807, 2.05) is 30.3 Å². The minimum Gasteiger partial charge on any atom is -0.496 e. The van der Waals surface area contributed by atoms with Crippen LogP contribution < -0.4 is 10.1 Å². The van der Waals surface area contributed by atoms with Crippen LogP contribution in [-0.4, -0.2) is 32.8 Å². The maximum absolute atomic E-state index is 12.6. The molecule has 2 aromatic carbocycles. The molecular weight excluding hydrogens is 374 g/mol. The minimum atomic E-state index is -0.224. The van der Waals surface area contributed by atoms with E-state index in [2.05, 4.69) is 27.5 Å². The number of ether oxygens (including phenoxy) is 1. The number of hydrogen-bond acceptors (Lipinski definition) is 6. The number of carbonyl (C=O) groups excluding carboxylic acids is 1. The number of anilines is 1. The molecule has 0 bridgehead atoms. The van der Waals surface area contributed by atoms with E-state index in [9.17, 15) is 4.79 Å². The fourth-order valence-electron chi connectivity index (χ4n) is 2.91. The molecule has 0 fully saturated rings. The van der Waals surface area contributed by atoms with Crippen LogP contribution in [0.15, 0.2) is 48.5 Å². The van der Waals surface area contributed by atoms with Gasteiger partial charge in [-0.3, -0.25) is 4.79 Å². The molecule has 4 aromatic rings. The van der Waals surface area contributed by atoms with Gasteiger partial charge < -0.3 is 10.1 Å². The Kier molecular flexibility index (Phi) is 5.03. The summed E-state index contributed by atoms with van der Waals surface area (Å²) in [5.74, 6) is 1.17. The van der Waals surface area contributed by atoms with Gasteiger partial charge in [-0.1, -0.05) is 42.5 Å². The predicted molar refractivity (Wildman–Crippen MR) is 109 cm³/mol. The number of benzene rings is 2. The molecule has 0 unspecified atom stereocenters. The summed E-state index contributed by atoms with van der Waals surface area (Å²) < 4.78 is 7.06. The average molecular weight is 393 g/mol. The second-order valence-electron chi connectivity index (χ2n) is 6.20. The number of hydrogen-bond donors (Lipinski definition) is 1. The third kappa shape index (κ3) is 3.46. The Morgan fingerprint density at radius 1 is 1.18 bits per heavy atom. The zero-order valence-electron chi connectivity index (χ0n) is 15.5. The van der Waals surface area contributed by atoms with Crippen LogP contribution >= 0.6 is 11.3 Å². The van der Waals surface area contributed by atoms with E-state index < -0.39 is 0 Å². The lowest BCUT2D eigenvalue weighted by molar-refractivity contribution is 0.102. The molecule has 0 aliphatic rings. The molecule has 0 aliphatic heterocycles. The largest absolute Gasteiger partial charge is 0.496 e.